The molecule has 8 heteroatoms. The summed E-state index contributed by atoms with van der Waals surface area (Å²) in [6, 6.07) is 19.7. The first-order valence-corrected chi connectivity index (χ1v) is 14.5. The van der Waals surface area contributed by atoms with Gasteiger partial charge in [0.15, 0.2) is 6.61 Å². The lowest BCUT2D eigenvalue weighted by Crippen LogP contribution is -2.36. The minimum Gasteiger partial charge on any atom is -0.493 e. The number of fused-ring (bicyclic) bond motifs is 3. The monoisotopic (exact) mass is 565 g/mol. The van der Waals surface area contributed by atoms with Crippen molar-refractivity contribution in [2.24, 2.45) is 5.92 Å². The van der Waals surface area contributed by atoms with E-state index in [1.165, 1.54) is 11.1 Å². The zero-order chi connectivity index (χ0) is 29.2. The number of benzene rings is 3. The maximum Gasteiger partial charge on any atom is 0.341 e. The molecule has 2 heterocycles. The van der Waals surface area contributed by atoms with Gasteiger partial charge in [-0.1, -0.05) is 36.4 Å². The minimum absolute atomic E-state index is 0.143. The Morgan fingerprint density at radius 1 is 1.05 bits per heavy atom. The van der Waals surface area contributed by atoms with E-state index in [1.807, 2.05) is 58.4 Å². The Labute approximate surface area is 245 Å². The van der Waals surface area contributed by atoms with E-state index < -0.39 is 5.97 Å². The van der Waals surface area contributed by atoms with Crippen molar-refractivity contribution in [2.75, 3.05) is 24.7 Å². The fourth-order valence-corrected chi connectivity index (χ4v) is 5.88. The van der Waals surface area contributed by atoms with Crippen molar-refractivity contribution >= 4 is 17.6 Å². The van der Waals surface area contributed by atoms with Crippen LogP contribution in [0.15, 0.2) is 73.1 Å². The second-order valence-corrected chi connectivity index (χ2v) is 11.3. The van der Waals surface area contributed by atoms with Crippen molar-refractivity contribution in [3.8, 4) is 22.6 Å². The molecule has 0 saturated heterocycles. The highest BCUT2D eigenvalue weighted by molar-refractivity contribution is 5.96. The molecule has 216 valence electrons. The number of nitrogens with zero attached hydrogens (tertiary/aromatic N) is 3. The van der Waals surface area contributed by atoms with Crippen LogP contribution in [0.1, 0.15) is 47.4 Å². The lowest BCUT2D eigenvalue weighted by atomic mass is 9.92. The quantitative estimate of drug-likeness (QED) is 0.225. The SMILES string of the molecule is Cc1cccc(OCCCC(=O)N2CC3CC3c3c(-c4cnn(Cc5cccc(OCC(=O)O)c5)c4)cccc32)c1C. The molecule has 1 saturated carbocycles. The molecule has 1 fully saturated rings. The molecule has 1 aliphatic carbocycles. The van der Waals surface area contributed by atoms with Crippen LogP contribution in [0.4, 0.5) is 5.69 Å². The zero-order valence-corrected chi connectivity index (χ0v) is 24.0. The van der Waals surface area contributed by atoms with E-state index in [0.29, 0.717) is 43.6 Å². The van der Waals surface area contributed by atoms with E-state index in [4.69, 9.17) is 14.6 Å². The van der Waals surface area contributed by atoms with Crippen LogP contribution in [0.2, 0.25) is 0 Å². The Morgan fingerprint density at radius 3 is 2.74 bits per heavy atom. The molecule has 1 aromatic heterocycles. The first kappa shape index (κ1) is 27.6. The number of carbonyl (C=O) groups is 2. The molecule has 6 rings (SSSR count). The molecule has 1 aliphatic heterocycles. The number of carbonyl (C=O) groups excluding carboxylic acids is 1. The molecule has 2 unspecified atom stereocenters. The highest BCUT2D eigenvalue weighted by Crippen LogP contribution is 2.57. The second-order valence-electron chi connectivity index (χ2n) is 11.3. The van der Waals surface area contributed by atoms with Gasteiger partial charge in [-0.05, 0) is 90.6 Å². The van der Waals surface area contributed by atoms with Gasteiger partial charge in [0, 0.05) is 30.4 Å². The van der Waals surface area contributed by atoms with Crippen molar-refractivity contribution in [2.45, 2.75) is 45.6 Å². The number of rotatable bonds is 11. The van der Waals surface area contributed by atoms with Crippen LogP contribution in [-0.2, 0) is 16.1 Å². The number of hydrogen-bond donors (Lipinski definition) is 1. The average molecular weight is 566 g/mol. The summed E-state index contributed by atoms with van der Waals surface area (Å²) >= 11 is 0. The number of anilines is 1. The molecule has 1 N–H and O–H groups in total. The Kier molecular flexibility index (Phi) is 7.69. The highest BCUT2D eigenvalue weighted by Gasteiger charge is 2.47. The van der Waals surface area contributed by atoms with Gasteiger partial charge < -0.3 is 19.5 Å². The number of amides is 1. The third kappa shape index (κ3) is 5.88. The normalized spacial score (nSPS) is 16.9. The Hall–Kier alpha value is -4.59. The van der Waals surface area contributed by atoms with Crippen LogP contribution in [0.25, 0.3) is 11.1 Å². The molecule has 8 nitrogen and oxygen atoms in total. The molecular weight excluding hydrogens is 530 g/mol. The minimum atomic E-state index is -1.01. The van der Waals surface area contributed by atoms with E-state index in [2.05, 4.69) is 37.1 Å². The number of aromatic nitrogens is 2. The van der Waals surface area contributed by atoms with Gasteiger partial charge in [0.2, 0.25) is 5.91 Å². The predicted octanol–water partition coefficient (Wildman–Crippen LogP) is 5.99. The summed E-state index contributed by atoms with van der Waals surface area (Å²) in [4.78, 5) is 26.3. The molecule has 0 bridgehead atoms. The lowest BCUT2D eigenvalue weighted by molar-refractivity contribution is -0.139. The van der Waals surface area contributed by atoms with Gasteiger partial charge in [0.1, 0.15) is 11.5 Å². The van der Waals surface area contributed by atoms with Crippen LogP contribution < -0.4 is 14.4 Å². The van der Waals surface area contributed by atoms with E-state index in [9.17, 15) is 9.59 Å². The topological polar surface area (TPSA) is 93.9 Å². The Bertz CT molecular complexity index is 1630. The average Bonchev–Trinajstić information content (AvgIpc) is 3.64. The maximum atomic E-state index is 13.4. The van der Waals surface area contributed by atoms with Gasteiger partial charge in [0.05, 0.1) is 19.3 Å². The fraction of sp³-hybridized carbons (Fsp3) is 0.324. The number of carboxylic acids is 1. The maximum absolute atomic E-state index is 13.4. The van der Waals surface area contributed by atoms with Crippen molar-refractivity contribution in [3.05, 3.63) is 95.3 Å². The number of aryl methyl sites for hydroxylation is 1. The molecule has 0 radical (unpaired) electrons. The number of hydrogen-bond acceptors (Lipinski definition) is 5. The summed E-state index contributed by atoms with van der Waals surface area (Å²) in [6.07, 6.45) is 6.12. The molecule has 0 spiro atoms. The van der Waals surface area contributed by atoms with Crippen LogP contribution in [0.3, 0.4) is 0 Å². The van der Waals surface area contributed by atoms with Gasteiger partial charge in [-0.2, -0.15) is 5.10 Å². The number of carboxylic acid groups (broad SMARTS) is 1. The summed E-state index contributed by atoms with van der Waals surface area (Å²) < 4.78 is 13.2. The van der Waals surface area contributed by atoms with Crippen molar-refractivity contribution in [1.29, 1.82) is 0 Å². The summed E-state index contributed by atoms with van der Waals surface area (Å²) in [5.74, 6) is 1.50. The Balaban J connectivity index is 1.14. The van der Waals surface area contributed by atoms with Crippen molar-refractivity contribution < 1.29 is 24.2 Å². The molecule has 2 atom stereocenters. The first-order valence-electron chi connectivity index (χ1n) is 14.5. The van der Waals surface area contributed by atoms with Gasteiger partial charge >= 0.3 is 5.97 Å². The molecule has 2 aliphatic rings. The third-order valence-corrected chi connectivity index (χ3v) is 8.28. The van der Waals surface area contributed by atoms with Gasteiger partial charge in [-0.25, -0.2) is 4.79 Å². The van der Waals surface area contributed by atoms with E-state index in [-0.39, 0.29) is 12.5 Å². The smallest absolute Gasteiger partial charge is 0.341 e. The fourth-order valence-electron chi connectivity index (χ4n) is 5.88. The molecule has 3 aromatic carbocycles. The standard InChI is InChI=1S/C34H35N3O5/c1-22-7-3-12-31(23(22)2)41-14-6-13-32(38)37-20-25-16-29(25)34-28(10-5-11-30(34)37)26-17-35-36(19-26)18-24-8-4-9-27(15-24)42-21-33(39)40/h3-5,7-12,15,17,19,25,29H,6,13-14,16,18,20-21H2,1-2H3,(H,39,40). The van der Waals surface area contributed by atoms with Crippen LogP contribution in [0, 0.1) is 19.8 Å². The Morgan fingerprint density at radius 2 is 1.88 bits per heavy atom. The number of aliphatic carboxylic acids is 1. The van der Waals surface area contributed by atoms with E-state index >= 15 is 0 Å². The zero-order valence-electron chi connectivity index (χ0n) is 24.0. The van der Waals surface area contributed by atoms with Crippen LogP contribution >= 0.6 is 0 Å². The second kappa shape index (κ2) is 11.7. The molecule has 42 heavy (non-hydrogen) atoms. The van der Waals surface area contributed by atoms with Crippen molar-refractivity contribution in [3.63, 3.8) is 0 Å². The molecule has 4 aromatic rings. The summed E-state index contributed by atoms with van der Waals surface area (Å²) in [5, 5.41) is 13.5. The van der Waals surface area contributed by atoms with Gasteiger partial charge in [-0.15, -0.1) is 0 Å². The van der Waals surface area contributed by atoms with Crippen molar-refractivity contribution in [1.82, 2.24) is 9.78 Å². The van der Waals surface area contributed by atoms with Crippen LogP contribution in [0.5, 0.6) is 11.5 Å². The molecular formula is C34H35N3O5. The summed E-state index contributed by atoms with van der Waals surface area (Å²) in [7, 11) is 0. The summed E-state index contributed by atoms with van der Waals surface area (Å²) in [5.41, 5.74) is 7.71. The predicted molar refractivity (Wildman–Crippen MR) is 160 cm³/mol. The number of ether oxygens (including phenoxy) is 2. The van der Waals surface area contributed by atoms with Gasteiger partial charge in [0.25, 0.3) is 0 Å². The van der Waals surface area contributed by atoms with E-state index in [0.717, 1.165) is 46.7 Å². The summed E-state index contributed by atoms with van der Waals surface area (Å²) in [6.45, 7) is 5.57. The molecule has 1 amide bonds. The third-order valence-electron chi connectivity index (χ3n) is 8.28. The van der Waals surface area contributed by atoms with E-state index in [1.54, 1.807) is 6.07 Å². The van der Waals surface area contributed by atoms with Gasteiger partial charge in [-0.3, -0.25) is 9.48 Å². The van der Waals surface area contributed by atoms with Crippen LogP contribution in [-0.4, -0.2) is 46.5 Å². The highest BCUT2D eigenvalue weighted by atomic mass is 16.5. The largest absolute Gasteiger partial charge is 0.493 e. The first-order chi connectivity index (χ1) is 20.4. The lowest BCUT2D eigenvalue weighted by Gasteiger charge is -2.30.